The Morgan fingerprint density at radius 1 is 1.12 bits per heavy atom. The number of hydrogen-bond donors (Lipinski definition) is 2. The van der Waals surface area contributed by atoms with Crippen LogP contribution >= 0.6 is 11.6 Å². The highest BCUT2D eigenvalue weighted by Crippen LogP contribution is 2.29. The molecule has 0 spiro atoms. The summed E-state index contributed by atoms with van der Waals surface area (Å²) >= 11 is 6.29. The fraction of sp³-hybridized carbons (Fsp3) is 0.364. The molecule has 1 aliphatic heterocycles. The van der Waals surface area contributed by atoms with E-state index >= 15 is 0 Å². The maximum Gasteiger partial charge on any atom is 0.451 e. The Morgan fingerprint density at radius 3 is 2.48 bits per heavy atom. The van der Waals surface area contributed by atoms with Crippen molar-refractivity contribution in [3.05, 3.63) is 69.0 Å². The van der Waals surface area contributed by atoms with Crippen LogP contribution in [0.15, 0.2) is 41.5 Å². The number of carbonyl (C=O) groups is 1. The van der Waals surface area contributed by atoms with Crippen LogP contribution in [0.1, 0.15) is 47.1 Å². The summed E-state index contributed by atoms with van der Waals surface area (Å²) in [6, 6.07) is 5.59. The number of nitrogens with zero attached hydrogens (tertiary/aromatic N) is 3. The van der Waals surface area contributed by atoms with Crippen molar-refractivity contribution in [3.63, 3.8) is 0 Å². The number of carbonyl (C=O) groups excluding carboxylic acids is 1. The third-order valence-corrected chi connectivity index (χ3v) is 5.99. The second kappa shape index (κ2) is 9.48. The lowest BCUT2D eigenvalue weighted by Gasteiger charge is -2.34. The minimum Gasteiger partial charge on any atom is -0.350 e. The summed E-state index contributed by atoms with van der Waals surface area (Å²) in [6.07, 6.45) is 0.680. The number of nitrogens with one attached hydrogen (secondary N) is 2. The van der Waals surface area contributed by atoms with E-state index < -0.39 is 23.9 Å². The van der Waals surface area contributed by atoms with E-state index in [0.29, 0.717) is 16.5 Å². The molecular weight excluding hydrogens is 459 g/mol. The molecule has 7 nitrogen and oxygen atoms in total. The molecule has 2 N–H and O–H groups in total. The first-order valence-electron chi connectivity index (χ1n) is 10.5. The quantitative estimate of drug-likeness (QED) is 0.578. The number of fused-ring (bicyclic) bond motifs is 1. The zero-order valence-corrected chi connectivity index (χ0v) is 18.2. The summed E-state index contributed by atoms with van der Waals surface area (Å²) in [5, 5.41) is 3.57. The van der Waals surface area contributed by atoms with Gasteiger partial charge in [0.2, 0.25) is 11.4 Å². The number of benzene rings is 1. The average Bonchev–Trinajstić information content (AvgIpc) is 2.79. The number of hydrogen-bond acceptors (Lipinski definition) is 5. The number of H-pyrrole nitrogens is 1. The van der Waals surface area contributed by atoms with Gasteiger partial charge >= 0.3 is 6.18 Å². The normalized spacial score (nSPS) is 16.0. The van der Waals surface area contributed by atoms with Crippen molar-refractivity contribution >= 4 is 28.4 Å². The molecule has 2 aromatic heterocycles. The molecular formula is C22H21ClF3N5O2. The minimum atomic E-state index is -4.63. The molecule has 0 radical (unpaired) electrons. The summed E-state index contributed by atoms with van der Waals surface area (Å²) in [5.41, 5.74) is 0.870. The molecule has 1 aromatic carbocycles. The molecule has 1 unspecified atom stereocenters. The first kappa shape index (κ1) is 23.2. The van der Waals surface area contributed by atoms with Gasteiger partial charge in [-0.25, -0.2) is 9.97 Å². The van der Waals surface area contributed by atoms with Crippen molar-refractivity contribution in [2.45, 2.75) is 31.5 Å². The molecule has 1 amide bonds. The zero-order valence-electron chi connectivity index (χ0n) is 17.5. The molecule has 33 heavy (non-hydrogen) atoms. The number of rotatable bonds is 5. The topological polar surface area (TPSA) is 91.0 Å². The van der Waals surface area contributed by atoms with Crippen LogP contribution in [0.25, 0.3) is 10.9 Å². The molecule has 0 aliphatic carbocycles. The van der Waals surface area contributed by atoms with Gasteiger partial charge in [0.15, 0.2) is 0 Å². The fourth-order valence-corrected chi connectivity index (χ4v) is 4.31. The van der Waals surface area contributed by atoms with Gasteiger partial charge in [-0.3, -0.25) is 14.5 Å². The zero-order chi connectivity index (χ0) is 23.6. The van der Waals surface area contributed by atoms with Crippen molar-refractivity contribution < 1.29 is 18.0 Å². The maximum absolute atomic E-state index is 13.1. The second-order valence-corrected chi connectivity index (χ2v) is 8.27. The minimum absolute atomic E-state index is 0.129. The molecule has 0 saturated carbocycles. The van der Waals surface area contributed by atoms with Crippen LogP contribution in [0.5, 0.6) is 0 Å². The number of piperidine rings is 1. The van der Waals surface area contributed by atoms with Gasteiger partial charge in [0, 0.05) is 41.5 Å². The number of aromatic nitrogens is 3. The van der Waals surface area contributed by atoms with Crippen LogP contribution in [-0.2, 0) is 6.18 Å². The lowest BCUT2D eigenvalue weighted by molar-refractivity contribution is -0.145. The number of halogens is 4. The van der Waals surface area contributed by atoms with Gasteiger partial charge in [-0.2, -0.15) is 13.2 Å². The van der Waals surface area contributed by atoms with Crippen molar-refractivity contribution in [2.75, 3.05) is 19.6 Å². The molecule has 11 heteroatoms. The van der Waals surface area contributed by atoms with Gasteiger partial charge < -0.3 is 10.3 Å². The van der Waals surface area contributed by atoms with Crippen molar-refractivity contribution in [3.8, 4) is 0 Å². The predicted molar refractivity (Wildman–Crippen MR) is 117 cm³/mol. The van der Waals surface area contributed by atoms with Crippen LogP contribution in [0.2, 0.25) is 5.02 Å². The van der Waals surface area contributed by atoms with Crippen molar-refractivity contribution in [2.24, 2.45) is 0 Å². The molecule has 174 valence electrons. The molecule has 3 heterocycles. The molecule has 1 fully saturated rings. The fourth-order valence-electron chi connectivity index (χ4n) is 4.06. The Balaban J connectivity index is 1.60. The van der Waals surface area contributed by atoms with E-state index in [1.807, 2.05) is 0 Å². The third-order valence-electron chi connectivity index (χ3n) is 5.68. The molecule has 1 saturated heterocycles. The smallest absolute Gasteiger partial charge is 0.350 e. The second-order valence-electron chi connectivity index (χ2n) is 7.87. The van der Waals surface area contributed by atoms with Gasteiger partial charge in [-0.1, -0.05) is 18.0 Å². The third kappa shape index (κ3) is 5.17. The van der Waals surface area contributed by atoms with Crippen molar-refractivity contribution in [1.29, 1.82) is 0 Å². The largest absolute Gasteiger partial charge is 0.451 e. The summed E-state index contributed by atoms with van der Waals surface area (Å²) in [5.74, 6) is -1.66. The Hall–Kier alpha value is -2.98. The number of likely N-dealkylation sites (tertiary alicyclic amines) is 1. The number of pyridine rings is 1. The first-order chi connectivity index (χ1) is 15.7. The Labute approximate surface area is 192 Å². The van der Waals surface area contributed by atoms with Gasteiger partial charge in [0.05, 0.1) is 16.6 Å². The van der Waals surface area contributed by atoms with E-state index in [1.165, 1.54) is 18.2 Å². The summed E-state index contributed by atoms with van der Waals surface area (Å²) in [4.78, 5) is 36.4. The Kier molecular flexibility index (Phi) is 6.66. The number of aromatic amines is 1. The maximum atomic E-state index is 13.1. The van der Waals surface area contributed by atoms with E-state index in [-0.39, 0.29) is 22.7 Å². The van der Waals surface area contributed by atoms with Gasteiger partial charge in [0.25, 0.3) is 5.91 Å². The van der Waals surface area contributed by atoms with Crippen LogP contribution in [-0.4, -0.2) is 45.4 Å². The Morgan fingerprint density at radius 2 is 1.82 bits per heavy atom. The van der Waals surface area contributed by atoms with E-state index in [4.69, 9.17) is 11.6 Å². The van der Waals surface area contributed by atoms with E-state index in [2.05, 4.69) is 25.2 Å². The van der Waals surface area contributed by atoms with Crippen LogP contribution in [0, 0.1) is 0 Å². The van der Waals surface area contributed by atoms with Gasteiger partial charge in [-0.15, -0.1) is 0 Å². The molecule has 1 atom stereocenters. The van der Waals surface area contributed by atoms with Gasteiger partial charge in [-0.05, 0) is 44.1 Å². The lowest BCUT2D eigenvalue weighted by atomic mass is 10.0. The highest BCUT2D eigenvalue weighted by Gasteiger charge is 2.35. The molecule has 1 aliphatic rings. The molecule has 4 rings (SSSR count). The predicted octanol–water partition coefficient (Wildman–Crippen LogP) is 3.95. The highest BCUT2D eigenvalue weighted by molar-refractivity contribution is 6.35. The average molecular weight is 480 g/mol. The summed E-state index contributed by atoms with van der Waals surface area (Å²) in [6.45, 7) is 1.62. The van der Waals surface area contributed by atoms with Crippen LogP contribution in [0.3, 0.4) is 0 Å². The SMILES string of the molecule is O=C(NCC(c1cnc(C(F)(F)F)nc1)N1CCCCC1)c1c(Cl)ccc2[nH]c(=O)ccc12. The molecule has 3 aromatic rings. The number of alkyl halides is 3. The Bertz CT molecular complexity index is 1210. The number of amides is 1. The monoisotopic (exact) mass is 479 g/mol. The highest BCUT2D eigenvalue weighted by atomic mass is 35.5. The van der Waals surface area contributed by atoms with E-state index in [0.717, 1.165) is 44.7 Å². The summed E-state index contributed by atoms with van der Waals surface area (Å²) < 4.78 is 38.6. The molecule has 0 bridgehead atoms. The van der Waals surface area contributed by atoms with Crippen LogP contribution in [0.4, 0.5) is 13.2 Å². The first-order valence-corrected chi connectivity index (χ1v) is 10.8. The van der Waals surface area contributed by atoms with E-state index in [1.54, 1.807) is 6.07 Å². The standard InChI is InChI=1S/C22H21ClF3N5O2/c23-15-5-6-16-14(4-7-18(32)30-16)19(15)20(33)27-12-17(31-8-2-1-3-9-31)13-10-28-21(29-11-13)22(24,25)26/h4-7,10-11,17H,1-3,8-9,12H2,(H,27,33)(H,30,32). The van der Waals surface area contributed by atoms with Gasteiger partial charge in [0.1, 0.15) is 0 Å². The summed E-state index contributed by atoms with van der Waals surface area (Å²) in [7, 11) is 0. The van der Waals surface area contributed by atoms with E-state index in [9.17, 15) is 22.8 Å². The van der Waals surface area contributed by atoms with Crippen molar-refractivity contribution in [1.82, 2.24) is 25.2 Å². The lowest BCUT2D eigenvalue weighted by Crippen LogP contribution is -2.41. The van der Waals surface area contributed by atoms with Crippen LogP contribution < -0.4 is 10.9 Å².